The molecule has 0 heterocycles. The van der Waals surface area contributed by atoms with Gasteiger partial charge in [0, 0.05) is 9.80 Å². The molecule has 76 valence electrons. The van der Waals surface area contributed by atoms with Gasteiger partial charge in [0.25, 0.3) is 0 Å². The molecule has 5 heteroatoms. The predicted octanol–water partition coefficient (Wildman–Crippen LogP) is 2.46. The summed E-state index contributed by atoms with van der Waals surface area (Å²) in [5.74, 6) is -1.25. The fraction of sp³-hybridized carbons (Fsp3) is 0.222. The van der Waals surface area contributed by atoms with Gasteiger partial charge in [-0.05, 0) is 17.2 Å². The lowest BCUT2D eigenvalue weighted by Crippen LogP contribution is -2.10. The van der Waals surface area contributed by atoms with Crippen LogP contribution in [0, 0.1) is 0 Å². The minimum atomic E-state index is -1.46. The van der Waals surface area contributed by atoms with E-state index in [0.717, 1.165) is 10.0 Å². The first-order chi connectivity index (χ1) is 6.56. The number of carboxylic acids is 1. The van der Waals surface area contributed by atoms with Crippen molar-refractivity contribution < 1.29 is 15.0 Å². The number of carboxylic acid groups (broad SMARTS) is 1. The van der Waals surface area contributed by atoms with E-state index in [2.05, 4.69) is 31.9 Å². The molecule has 0 bridgehead atoms. The third-order valence-electron chi connectivity index (χ3n) is 1.77. The van der Waals surface area contributed by atoms with Gasteiger partial charge in [-0.1, -0.05) is 44.0 Å². The smallest absolute Gasteiger partial charge is 0.337 e. The van der Waals surface area contributed by atoms with Gasteiger partial charge in [0.05, 0.1) is 0 Å². The molecule has 0 aliphatic rings. The van der Waals surface area contributed by atoms with Gasteiger partial charge in [-0.2, -0.15) is 0 Å². The van der Waals surface area contributed by atoms with E-state index in [4.69, 9.17) is 5.11 Å². The summed E-state index contributed by atoms with van der Waals surface area (Å²) in [6.07, 6.45) is -1.46. The molecule has 0 amide bonds. The molecule has 14 heavy (non-hydrogen) atoms. The molecule has 1 aromatic carbocycles. The lowest BCUT2D eigenvalue weighted by atomic mass is 10.1. The summed E-state index contributed by atoms with van der Waals surface area (Å²) in [6, 6.07) is 4.97. The second-order valence-electron chi connectivity index (χ2n) is 2.73. The third-order valence-corrected chi connectivity index (χ3v) is 3.11. The maximum atomic E-state index is 10.5. The van der Waals surface area contributed by atoms with Crippen LogP contribution in [0.3, 0.4) is 0 Å². The number of rotatable bonds is 3. The molecule has 0 aliphatic heterocycles. The molecular formula is C9H8Br2O3. The molecule has 1 atom stereocenters. The summed E-state index contributed by atoms with van der Waals surface area (Å²) in [5.41, 5.74) is 1.38. The Bertz CT molecular complexity index is 352. The van der Waals surface area contributed by atoms with E-state index in [1.807, 2.05) is 0 Å². The highest BCUT2D eigenvalue weighted by Crippen LogP contribution is 2.24. The van der Waals surface area contributed by atoms with E-state index in [1.54, 1.807) is 18.2 Å². The molecule has 0 radical (unpaired) electrons. The van der Waals surface area contributed by atoms with Gasteiger partial charge in [-0.25, -0.2) is 4.79 Å². The van der Waals surface area contributed by atoms with Gasteiger partial charge >= 0.3 is 5.97 Å². The van der Waals surface area contributed by atoms with E-state index >= 15 is 0 Å². The van der Waals surface area contributed by atoms with Crippen LogP contribution in [-0.4, -0.2) is 16.2 Å². The number of aliphatic hydroxyl groups is 1. The SMILES string of the molecule is O=C(O)C(O)c1ccc(CBr)c(Br)c1. The molecule has 1 unspecified atom stereocenters. The van der Waals surface area contributed by atoms with Crippen LogP contribution in [0.5, 0.6) is 0 Å². The maximum absolute atomic E-state index is 10.5. The van der Waals surface area contributed by atoms with Crippen LogP contribution in [0.25, 0.3) is 0 Å². The van der Waals surface area contributed by atoms with E-state index in [-0.39, 0.29) is 0 Å². The molecule has 0 spiro atoms. The third kappa shape index (κ3) is 2.56. The average Bonchev–Trinajstić information content (AvgIpc) is 2.16. The van der Waals surface area contributed by atoms with E-state index in [0.29, 0.717) is 10.9 Å². The van der Waals surface area contributed by atoms with Crippen molar-refractivity contribution in [1.82, 2.24) is 0 Å². The highest BCUT2D eigenvalue weighted by atomic mass is 79.9. The van der Waals surface area contributed by atoms with Crippen molar-refractivity contribution in [2.24, 2.45) is 0 Å². The number of hydrogen-bond donors (Lipinski definition) is 2. The zero-order valence-electron chi connectivity index (χ0n) is 7.08. The lowest BCUT2D eigenvalue weighted by Gasteiger charge is -2.07. The van der Waals surface area contributed by atoms with Gasteiger partial charge in [0.1, 0.15) is 0 Å². The van der Waals surface area contributed by atoms with Crippen LogP contribution in [0.4, 0.5) is 0 Å². The standard InChI is InChI=1S/C9H8Br2O3/c10-4-6-2-1-5(3-7(6)11)8(12)9(13)14/h1-3,8,12H,4H2,(H,13,14). The van der Waals surface area contributed by atoms with Crippen molar-refractivity contribution >= 4 is 37.8 Å². The fourth-order valence-corrected chi connectivity index (χ4v) is 2.39. The zero-order valence-corrected chi connectivity index (χ0v) is 10.2. The van der Waals surface area contributed by atoms with Crippen LogP contribution < -0.4 is 0 Å². The fourth-order valence-electron chi connectivity index (χ4n) is 0.985. The van der Waals surface area contributed by atoms with Crippen molar-refractivity contribution in [2.75, 3.05) is 0 Å². The second-order valence-corrected chi connectivity index (χ2v) is 4.14. The second kappa shape index (κ2) is 4.91. The molecule has 0 saturated carbocycles. The first kappa shape index (κ1) is 11.7. The quantitative estimate of drug-likeness (QED) is 0.840. The Kier molecular flexibility index (Phi) is 4.10. The first-order valence-electron chi connectivity index (χ1n) is 3.81. The average molecular weight is 324 g/mol. The largest absolute Gasteiger partial charge is 0.479 e. The molecule has 0 saturated heterocycles. The Hall–Kier alpha value is -0.390. The van der Waals surface area contributed by atoms with Crippen molar-refractivity contribution in [2.45, 2.75) is 11.4 Å². The topological polar surface area (TPSA) is 57.5 Å². The summed E-state index contributed by atoms with van der Waals surface area (Å²) >= 11 is 6.58. The normalized spacial score (nSPS) is 12.5. The number of carbonyl (C=O) groups is 1. The van der Waals surface area contributed by atoms with Crippen LogP contribution in [-0.2, 0) is 10.1 Å². The molecule has 0 aliphatic carbocycles. The van der Waals surface area contributed by atoms with Crippen molar-refractivity contribution in [3.05, 3.63) is 33.8 Å². The molecule has 2 N–H and O–H groups in total. The summed E-state index contributed by atoms with van der Waals surface area (Å²) in [6.45, 7) is 0. The molecule has 1 rings (SSSR count). The zero-order chi connectivity index (χ0) is 10.7. The van der Waals surface area contributed by atoms with Crippen molar-refractivity contribution in [3.63, 3.8) is 0 Å². The van der Waals surface area contributed by atoms with Gasteiger partial charge in [-0.15, -0.1) is 0 Å². The van der Waals surface area contributed by atoms with Crippen LogP contribution in [0.2, 0.25) is 0 Å². The first-order valence-corrected chi connectivity index (χ1v) is 5.73. The van der Waals surface area contributed by atoms with Crippen LogP contribution >= 0.6 is 31.9 Å². The van der Waals surface area contributed by atoms with E-state index in [9.17, 15) is 9.90 Å². The van der Waals surface area contributed by atoms with Gasteiger partial charge < -0.3 is 10.2 Å². The molecule has 3 nitrogen and oxygen atoms in total. The lowest BCUT2D eigenvalue weighted by molar-refractivity contribution is -0.146. The monoisotopic (exact) mass is 322 g/mol. The van der Waals surface area contributed by atoms with Crippen molar-refractivity contribution in [1.29, 1.82) is 0 Å². The Morgan fingerprint density at radius 1 is 1.50 bits per heavy atom. The number of halogens is 2. The van der Waals surface area contributed by atoms with E-state index < -0.39 is 12.1 Å². The number of aliphatic hydroxyl groups excluding tert-OH is 1. The van der Waals surface area contributed by atoms with Gasteiger partial charge in [-0.3, -0.25) is 0 Å². The molecule has 0 aromatic heterocycles. The van der Waals surface area contributed by atoms with Crippen molar-refractivity contribution in [3.8, 4) is 0 Å². The highest BCUT2D eigenvalue weighted by molar-refractivity contribution is 9.10. The van der Waals surface area contributed by atoms with Crippen LogP contribution in [0.1, 0.15) is 17.2 Å². The molecule has 0 fully saturated rings. The highest BCUT2D eigenvalue weighted by Gasteiger charge is 2.16. The Morgan fingerprint density at radius 2 is 2.14 bits per heavy atom. The summed E-state index contributed by atoms with van der Waals surface area (Å²) in [5, 5.41) is 18.5. The number of aliphatic carboxylic acids is 1. The van der Waals surface area contributed by atoms with Gasteiger partial charge in [0.15, 0.2) is 6.10 Å². The van der Waals surface area contributed by atoms with E-state index in [1.165, 1.54) is 0 Å². The maximum Gasteiger partial charge on any atom is 0.337 e. The van der Waals surface area contributed by atoms with Gasteiger partial charge in [0.2, 0.25) is 0 Å². The minimum Gasteiger partial charge on any atom is -0.479 e. The summed E-state index contributed by atoms with van der Waals surface area (Å²) in [4.78, 5) is 10.5. The molecule has 1 aromatic rings. The number of alkyl halides is 1. The Morgan fingerprint density at radius 3 is 2.57 bits per heavy atom. The summed E-state index contributed by atoms with van der Waals surface area (Å²) < 4.78 is 0.784. The minimum absolute atomic E-state index is 0.370. The summed E-state index contributed by atoms with van der Waals surface area (Å²) in [7, 11) is 0. The molecular weight excluding hydrogens is 316 g/mol. The number of hydrogen-bond acceptors (Lipinski definition) is 2. The Labute approximate surface area is 98.0 Å². The Balaban J connectivity index is 3.02. The van der Waals surface area contributed by atoms with Crippen LogP contribution in [0.15, 0.2) is 22.7 Å². The number of benzene rings is 1. The predicted molar refractivity (Wildman–Crippen MR) is 59.4 cm³/mol.